The molecule has 0 bridgehead atoms. The van der Waals surface area contributed by atoms with Gasteiger partial charge in [0.25, 0.3) is 0 Å². The minimum atomic E-state index is -0.0811. The van der Waals surface area contributed by atoms with Crippen LogP contribution in [0.5, 0.6) is 11.5 Å². The van der Waals surface area contributed by atoms with E-state index in [1.165, 1.54) is 24.8 Å². The average Bonchev–Trinajstić information content (AvgIpc) is 2.45. The molecule has 2 rings (SSSR count). The highest BCUT2D eigenvalue weighted by Crippen LogP contribution is 2.43. The van der Waals surface area contributed by atoms with Crippen LogP contribution >= 0.6 is 0 Å². The third-order valence-electron chi connectivity index (χ3n) is 4.25. The van der Waals surface area contributed by atoms with Crippen molar-refractivity contribution >= 4 is 0 Å². The summed E-state index contributed by atoms with van der Waals surface area (Å²) in [5, 5.41) is 3.42. The van der Waals surface area contributed by atoms with Crippen LogP contribution in [-0.2, 0) is 0 Å². The van der Waals surface area contributed by atoms with Crippen LogP contribution in [-0.4, -0.2) is 19.8 Å². The van der Waals surface area contributed by atoms with Crippen LogP contribution in [0.2, 0.25) is 0 Å². The monoisotopic (exact) mass is 277 g/mol. The second kappa shape index (κ2) is 6.49. The summed E-state index contributed by atoms with van der Waals surface area (Å²) in [6, 6.07) is 6.49. The zero-order valence-corrected chi connectivity index (χ0v) is 13.2. The van der Waals surface area contributed by atoms with E-state index in [4.69, 9.17) is 9.47 Å². The van der Waals surface area contributed by atoms with Crippen molar-refractivity contribution in [2.24, 2.45) is 0 Å². The van der Waals surface area contributed by atoms with Gasteiger partial charge in [-0.2, -0.15) is 0 Å². The normalized spacial score (nSPS) is 24.9. The smallest absolute Gasteiger partial charge is 0.128 e. The first-order valence-corrected chi connectivity index (χ1v) is 7.66. The van der Waals surface area contributed by atoms with E-state index in [1.807, 2.05) is 19.2 Å². The van der Waals surface area contributed by atoms with Gasteiger partial charge in [-0.1, -0.05) is 25.8 Å². The third kappa shape index (κ3) is 3.26. The van der Waals surface area contributed by atoms with Crippen molar-refractivity contribution in [1.82, 2.24) is 5.32 Å². The number of rotatable bonds is 6. The standard InChI is InChI=1S/C17H27NO2/c1-5-6-7-10-17(2)12-15(18-3)14-9-8-13(19-4)11-16(14)20-17/h8-9,11,15,18H,5-7,10,12H2,1-4H3. The van der Waals surface area contributed by atoms with Crippen molar-refractivity contribution in [2.75, 3.05) is 14.2 Å². The van der Waals surface area contributed by atoms with E-state index in [-0.39, 0.29) is 5.60 Å². The van der Waals surface area contributed by atoms with Gasteiger partial charge in [-0.3, -0.25) is 0 Å². The molecule has 1 N–H and O–H groups in total. The van der Waals surface area contributed by atoms with Crippen LogP contribution in [0.4, 0.5) is 0 Å². The molecule has 2 unspecified atom stereocenters. The van der Waals surface area contributed by atoms with E-state index < -0.39 is 0 Å². The molecule has 2 atom stereocenters. The molecule has 20 heavy (non-hydrogen) atoms. The van der Waals surface area contributed by atoms with Gasteiger partial charge in [-0.05, 0) is 32.9 Å². The summed E-state index contributed by atoms with van der Waals surface area (Å²) in [7, 11) is 3.72. The molecule has 0 aliphatic carbocycles. The Balaban J connectivity index is 2.21. The highest BCUT2D eigenvalue weighted by molar-refractivity contribution is 5.44. The minimum absolute atomic E-state index is 0.0811. The van der Waals surface area contributed by atoms with E-state index in [0.717, 1.165) is 24.3 Å². The number of hydrogen-bond acceptors (Lipinski definition) is 3. The Labute approximate surface area is 122 Å². The van der Waals surface area contributed by atoms with Crippen molar-refractivity contribution in [1.29, 1.82) is 0 Å². The topological polar surface area (TPSA) is 30.5 Å². The molecular formula is C17H27NO2. The van der Waals surface area contributed by atoms with Crippen LogP contribution in [0.15, 0.2) is 18.2 Å². The lowest BCUT2D eigenvalue weighted by Crippen LogP contribution is -2.41. The molecule has 0 spiro atoms. The molecule has 3 heteroatoms. The number of unbranched alkanes of at least 4 members (excludes halogenated alkanes) is 2. The van der Waals surface area contributed by atoms with Crippen molar-refractivity contribution in [3.8, 4) is 11.5 Å². The molecular weight excluding hydrogens is 250 g/mol. The summed E-state index contributed by atoms with van der Waals surface area (Å²) >= 11 is 0. The van der Waals surface area contributed by atoms with E-state index in [9.17, 15) is 0 Å². The number of fused-ring (bicyclic) bond motifs is 1. The van der Waals surface area contributed by atoms with Crippen molar-refractivity contribution < 1.29 is 9.47 Å². The molecule has 1 aromatic rings. The maximum Gasteiger partial charge on any atom is 0.128 e. The summed E-state index contributed by atoms with van der Waals surface area (Å²) in [6.07, 6.45) is 5.87. The van der Waals surface area contributed by atoms with Gasteiger partial charge in [0.15, 0.2) is 0 Å². The summed E-state index contributed by atoms with van der Waals surface area (Å²) in [5.74, 6) is 1.82. The molecule has 0 saturated carbocycles. The molecule has 1 heterocycles. The minimum Gasteiger partial charge on any atom is -0.497 e. The Bertz CT molecular complexity index is 447. The van der Waals surface area contributed by atoms with E-state index >= 15 is 0 Å². The lowest BCUT2D eigenvalue weighted by molar-refractivity contribution is 0.0382. The molecule has 0 aromatic heterocycles. The zero-order chi connectivity index (χ0) is 14.6. The fourth-order valence-electron chi connectivity index (χ4n) is 3.03. The third-order valence-corrected chi connectivity index (χ3v) is 4.25. The number of ether oxygens (including phenoxy) is 2. The predicted octanol–water partition coefficient (Wildman–Crippen LogP) is 4.08. The van der Waals surface area contributed by atoms with Crippen LogP contribution < -0.4 is 14.8 Å². The van der Waals surface area contributed by atoms with Gasteiger partial charge >= 0.3 is 0 Å². The summed E-state index contributed by atoms with van der Waals surface area (Å²) in [5.41, 5.74) is 1.16. The molecule has 0 fully saturated rings. The number of nitrogens with one attached hydrogen (secondary N) is 1. The Morgan fingerprint density at radius 1 is 1.40 bits per heavy atom. The van der Waals surface area contributed by atoms with Crippen LogP contribution in [0, 0.1) is 0 Å². The van der Waals surface area contributed by atoms with E-state index in [1.54, 1.807) is 7.11 Å². The van der Waals surface area contributed by atoms with Crippen LogP contribution in [0.1, 0.15) is 57.6 Å². The quantitative estimate of drug-likeness (QED) is 0.795. The molecule has 0 amide bonds. The zero-order valence-electron chi connectivity index (χ0n) is 13.2. The van der Waals surface area contributed by atoms with E-state index in [2.05, 4.69) is 25.2 Å². The van der Waals surface area contributed by atoms with Crippen molar-refractivity contribution in [3.05, 3.63) is 23.8 Å². The molecule has 3 nitrogen and oxygen atoms in total. The Hall–Kier alpha value is -1.22. The van der Waals surface area contributed by atoms with Crippen LogP contribution in [0.3, 0.4) is 0 Å². The van der Waals surface area contributed by atoms with Gasteiger partial charge in [0.2, 0.25) is 0 Å². The largest absolute Gasteiger partial charge is 0.497 e. The first-order valence-electron chi connectivity index (χ1n) is 7.66. The van der Waals surface area contributed by atoms with Crippen LogP contribution in [0.25, 0.3) is 0 Å². The summed E-state index contributed by atoms with van der Waals surface area (Å²) in [6.45, 7) is 4.47. The maximum absolute atomic E-state index is 6.32. The van der Waals surface area contributed by atoms with Gasteiger partial charge in [-0.25, -0.2) is 0 Å². The molecule has 0 saturated heterocycles. The second-order valence-corrected chi connectivity index (χ2v) is 5.96. The SMILES string of the molecule is CCCCCC1(C)CC(NC)c2ccc(OC)cc2O1. The molecule has 1 aliphatic heterocycles. The Morgan fingerprint density at radius 2 is 2.20 bits per heavy atom. The predicted molar refractivity (Wildman–Crippen MR) is 82.6 cm³/mol. The molecule has 0 radical (unpaired) electrons. The number of methoxy groups -OCH3 is 1. The lowest BCUT2D eigenvalue weighted by Gasteiger charge is -2.40. The van der Waals surface area contributed by atoms with Crippen molar-refractivity contribution in [3.63, 3.8) is 0 Å². The van der Waals surface area contributed by atoms with Gasteiger partial charge in [0.1, 0.15) is 17.1 Å². The summed E-state index contributed by atoms with van der Waals surface area (Å²) < 4.78 is 11.6. The highest BCUT2D eigenvalue weighted by atomic mass is 16.5. The van der Waals surface area contributed by atoms with E-state index in [0.29, 0.717) is 6.04 Å². The molecule has 1 aromatic carbocycles. The fourth-order valence-corrected chi connectivity index (χ4v) is 3.03. The van der Waals surface area contributed by atoms with Gasteiger partial charge in [0, 0.05) is 24.1 Å². The lowest BCUT2D eigenvalue weighted by atomic mass is 9.85. The van der Waals surface area contributed by atoms with Gasteiger partial charge in [-0.15, -0.1) is 0 Å². The summed E-state index contributed by atoms with van der Waals surface area (Å²) in [4.78, 5) is 0. The first-order chi connectivity index (χ1) is 9.61. The maximum atomic E-state index is 6.32. The Morgan fingerprint density at radius 3 is 2.85 bits per heavy atom. The molecule has 1 aliphatic rings. The van der Waals surface area contributed by atoms with Crippen molar-refractivity contribution in [2.45, 2.75) is 57.6 Å². The fraction of sp³-hybridized carbons (Fsp3) is 0.647. The average molecular weight is 277 g/mol. The first kappa shape index (κ1) is 15.2. The van der Waals surface area contributed by atoms with Gasteiger partial charge in [0.05, 0.1) is 7.11 Å². The second-order valence-electron chi connectivity index (χ2n) is 5.96. The number of hydrogen-bond donors (Lipinski definition) is 1. The number of benzene rings is 1. The molecule has 112 valence electrons. The highest BCUT2D eigenvalue weighted by Gasteiger charge is 2.36. The van der Waals surface area contributed by atoms with Gasteiger partial charge < -0.3 is 14.8 Å². The Kier molecular flexibility index (Phi) is 4.92.